The van der Waals surface area contributed by atoms with Gasteiger partial charge in [0.2, 0.25) is 0 Å². The van der Waals surface area contributed by atoms with Gasteiger partial charge in [-0.2, -0.15) is 0 Å². The summed E-state index contributed by atoms with van der Waals surface area (Å²) in [6.07, 6.45) is 5.16. The van der Waals surface area contributed by atoms with Gasteiger partial charge in [-0.3, -0.25) is 9.97 Å². The van der Waals surface area contributed by atoms with E-state index in [9.17, 15) is 0 Å². The van der Waals surface area contributed by atoms with Crippen molar-refractivity contribution in [3.8, 4) is 0 Å². The van der Waals surface area contributed by atoms with E-state index in [0.29, 0.717) is 0 Å². The number of benzene rings is 1. The molecule has 15 heavy (non-hydrogen) atoms. The van der Waals surface area contributed by atoms with Crippen molar-refractivity contribution in [2.24, 2.45) is 0 Å². The quantitative estimate of drug-likeness (QED) is 0.825. The van der Waals surface area contributed by atoms with Gasteiger partial charge in [-0.1, -0.05) is 18.2 Å². The average Bonchev–Trinajstić information content (AvgIpc) is 2.31. The molecule has 3 nitrogen and oxygen atoms in total. The topological polar surface area (TPSA) is 37.8 Å². The Kier molecular flexibility index (Phi) is 2.93. The zero-order valence-corrected chi connectivity index (χ0v) is 8.59. The molecule has 1 N–H and O–H groups in total. The van der Waals surface area contributed by atoms with Gasteiger partial charge in [0.25, 0.3) is 0 Å². The molecule has 0 fully saturated rings. The summed E-state index contributed by atoms with van der Waals surface area (Å²) in [6, 6.07) is 10.2. The minimum Gasteiger partial charge on any atom is -0.377 e. The summed E-state index contributed by atoms with van der Waals surface area (Å²) in [4.78, 5) is 8.29. The van der Waals surface area contributed by atoms with Gasteiger partial charge in [-0.05, 0) is 19.1 Å². The van der Waals surface area contributed by atoms with Crippen LogP contribution in [-0.2, 0) is 0 Å². The molecule has 1 aromatic heterocycles. The predicted octanol–water partition coefficient (Wildman–Crippen LogP) is 2.65. The highest BCUT2D eigenvalue weighted by Crippen LogP contribution is 2.15. The van der Waals surface area contributed by atoms with E-state index in [1.54, 1.807) is 18.6 Å². The molecule has 0 bridgehead atoms. The van der Waals surface area contributed by atoms with Crippen LogP contribution in [0.5, 0.6) is 0 Å². The van der Waals surface area contributed by atoms with Crippen LogP contribution in [0.25, 0.3) is 0 Å². The van der Waals surface area contributed by atoms with Crippen LogP contribution >= 0.6 is 0 Å². The fourth-order valence-electron chi connectivity index (χ4n) is 1.39. The molecular formula is C12H13N3. The van der Waals surface area contributed by atoms with Gasteiger partial charge < -0.3 is 5.32 Å². The third-order valence-corrected chi connectivity index (χ3v) is 2.18. The molecular weight excluding hydrogens is 186 g/mol. The van der Waals surface area contributed by atoms with Crippen LogP contribution in [0.15, 0.2) is 48.9 Å². The van der Waals surface area contributed by atoms with Crippen LogP contribution < -0.4 is 5.32 Å². The van der Waals surface area contributed by atoms with Crippen molar-refractivity contribution in [3.05, 3.63) is 54.6 Å². The minimum atomic E-state index is 0.168. The first-order valence-electron chi connectivity index (χ1n) is 4.94. The molecule has 0 spiro atoms. The first-order valence-corrected chi connectivity index (χ1v) is 4.94. The Bertz CT molecular complexity index is 400. The van der Waals surface area contributed by atoms with Crippen molar-refractivity contribution < 1.29 is 0 Å². The molecule has 3 heteroatoms. The summed E-state index contributed by atoms with van der Waals surface area (Å²) in [6.45, 7) is 2.07. The Morgan fingerprint density at radius 1 is 1.13 bits per heavy atom. The number of hydrogen-bond acceptors (Lipinski definition) is 3. The number of nitrogens with one attached hydrogen (secondary N) is 1. The van der Waals surface area contributed by atoms with E-state index in [-0.39, 0.29) is 6.04 Å². The number of aromatic nitrogens is 2. The first-order chi connectivity index (χ1) is 7.36. The second-order valence-electron chi connectivity index (χ2n) is 3.36. The van der Waals surface area contributed by atoms with Gasteiger partial charge in [0.15, 0.2) is 0 Å². The largest absolute Gasteiger partial charge is 0.377 e. The molecule has 0 aliphatic rings. The van der Waals surface area contributed by atoms with Crippen molar-refractivity contribution in [3.63, 3.8) is 0 Å². The van der Waals surface area contributed by atoms with Gasteiger partial charge in [-0.15, -0.1) is 0 Å². The fraction of sp³-hybridized carbons (Fsp3) is 0.167. The fourth-order valence-corrected chi connectivity index (χ4v) is 1.39. The standard InChI is InChI=1S/C12H13N3/c1-10(12-9-13-7-8-14-12)15-11-5-3-2-4-6-11/h2-10,15H,1H3. The Morgan fingerprint density at radius 3 is 2.60 bits per heavy atom. The van der Waals surface area contributed by atoms with E-state index in [4.69, 9.17) is 0 Å². The second kappa shape index (κ2) is 4.55. The summed E-state index contributed by atoms with van der Waals surface area (Å²) >= 11 is 0. The zero-order valence-electron chi connectivity index (χ0n) is 8.59. The summed E-state index contributed by atoms with van der Waals surface area (Å²) < 4.78 is 0. The third kappa shape index (κ3) is 2.53. The Morgan fingerprint density at radius 2 is 1.93 bits per heavy atom. The lowest BCUT2D eigenvalue weighted by molar-refractivity contribution is 0.827. The molecule has 1 aromatic carbocycles. The molecule has 0 radical (unpaired) electrons. The lowest BCUT2D eigenvalue weighted by Gasteiger charge is -2.13. The van der Waals surface area contributed by atoms with E-state index in [0.717, 1.165) is 11.4 Å². The summed E-state index contributed by atoms with van der Waals surface area (Å²) in [5.74, 6) is 0. The molecule has 1 heterocycles. The van der Waals surface area contributed by atoms with Gasteiger partial charge in [-0.25, -0.2) is 0 Å². The lowest BCUT2D eigenvalue weighted by Crippen LogP contribution is -2.08. The molecule has 1 unspecified atom stereocenters. The average molecular weight is 199 g/mol. The highest BCUT2D eigenvalue weighted by atomic mass is 14.9. The normalized spacial score (nSPS) is 12.1. The van der Waals surface area contributed by atoms with Crippen LogP contribution in [0.3, 0.4) is 0 Å². The van der Waals surface area contributed by atoms with Gasteiger partial charge in [0, 0.05) is 18.1 Å². The van der Waals surface area contributed by atoms with E-state index in [2.05, 4.69) is 22.2 Å². The number of rotatable bonds is 3. The van der Waals surface area contributed by atoms with Crippen molar-refractivity contribution >= 4 is 5.69 Å². The number of para-hydroxylation sites is 1. The first kappa shape index (κ1) is 9.65. The van der Waals surface area contributed by atoms with Crippen molar-refractivity contribution in [2.75, 3.05) is 5.32 Å². The zero-order chi connectivity index (χ0) is 10.5. The molecule has 2 aromatic rings. The smallest absolute Gasteiger partial charge is 0.0806 e. The van der Waals surface area contributed by atoms with E-state index >= 15 is 0 Å². The molecule has 76 valence electrons. The van der Waals surface area contributed by atoms with Crippen LogP contribution in [0.4, 0.5) is 5.69 Å². The predicted molar refractivity (Wildman–Crippen MR) is 60.5 cm³/mol. The van der Waals surface area contributed by atoms with Crippen molar-refractivity contribution in [1.29, 1.82) is 0 Å². The Balaban J connectivity index is 2.08. The van der Waals surface area contributed by atoms with Crippen LogP contribution in [0.2, 0.25) is 0 Å². The molecule has 0 aliphatic carbocycles. The number of anilines is 1. The maximum absolute atomic E-state index is 4.25. The van der Waals surface area contributed by atoms with Crippen molar-refractivity contribution in [1.82, 2.24) is 9.97 Å². The Hall–Kier alpha value is -1.90. The maximum atomic E-state index is 4.25. The Labute approximate surface area is 89.2 Å². The number of hydrogen-bond donors (Lipinski definition) is 1. The highest BCUT2D eigenvalue weighted by molar-refractivity contribution is 5.44. The molecule has 0 aliphatic heterocycles. The van der Waals surface area contributed by atoms with Crippen molar-refractivity contribution in [2.45, 2.75) is 13.0 Å². The summed E-state index contributed by atoms with van der Waals surface area (Å²) in [7, 11) is 0. The third-order valence-electron chi connectivity index (χ3n) is 2.18. The van der Waals surface area contributed by atoms with E-state index < -0.39 is 0 Å². The SMILES string of the molecule is CC(Nc1ccccc1)c1cnccn1. The minimum absolute atomic E-state index is 0.168. The molecule has 1 atom stereocenters. The van der Waals surface area contributed by atoms with E-state index in [1.165, 1.54) is 0 Å². The second-order valence-corrected chi connectivity index (χ2v) is 3.36. The molecule has 0 saturated heterocycles. The van der Waals surface area contributed by atoms with Gasteiger partial charge in [0.1, 0.15) is 0 Å². The lowest BCUT2D eigenvalue weighted by atomic mass is 10.2. The molecule has 0 amide bonds. The monoisotopic (exact) mass is 199 g/mol. The number of nitrogens with zero attached hydrogens (tertiary/aromatic N) is 2. The van der Waals surface area contributed by atoms with Gasteiger partial charge in [0.05, 0.1) is 17.9 Å². The summed E-state index contributed by atoms with van der Waals surface area (Å²) in [5, 5.41) is 3.36. The maximum Gasteiger partial charge on any atom is 0.0806 e. The van der Waals surface area contributed by atoms with Crippen LogP contribution in [-0.4, -0.2) is 9.97 Å². The van der Waals surface area contributed by atoms with Crippen LogP contribution in [0.1, 0.15) is 18.7 Å². The molecule has 2 rings (SSSR count). The van der Waals surface area contributed by atoms with Crippen LogP contribution in [0, 0.1) is 0 Å². The summed E-state index contributed by atoms with van der Waals surface area (Å²) in [5.41, 5.74) is 2.04. The van der Waals surface area contributed by atoms with E-state index in [1.807, 2.05) is 30.3 Å². The highest BCUT2D eigenvalue weighted by Gasteiger charge is 2.05. The van der Waals surface area contributed by atoms with Gasteiger partial charge >= 0.3 is 0 Å². The molecule has 0 saturated carbocycles.